The van der Waals surface area contributed by atoms with Crippen LogP contribution in [-0.2, 0) is 16.0 Å². The molecular formula is C18H19NO5S. The number of carbonyl (C=O) groups is 3. The molecule has 0 unspecified atom stereocenters. The molecule has 7 heteroatoms. The number of thiophene rings is 1. The lowest BCUT2D eigenvalue weighted by molar-refractivity contribution is -0.139. The fourth-order valence-electron chi connectivity index (χ4n) is 2.12. The number of Topliss-reactive ketones (excluding diaryl/α,β-unsaturated/α-hetero) is 1. The number of hydrogen-bond acceptors (Lipinski definition) is 5. The Morgan fingerprint density at radius 3 is 2.48 bits per heavy atom. The SMILES string of the molecule is O=C(O)COc1ccc(CCNC(=O)CCC(=O)c2cccs2)cc1. The Hall–Kier alpha value is -2.67. The van der Waals surface area contributed by atoms with Gasteiger partial charge in [-0.15, -0.1) is 11.3 Å². The molecule has 0 atom stereocenters. The molecule has 0 aliphatic carbocycles. The highest BCUT2D eigenvalue weighted by atomic mass is 32.1. The van der Waals surface area contributed by atoms with E-state index in [4.69, 9.17) is 9.84 Å². The molecule has 0 aliphatic heterocycles. The van der Waals surface area contributed by atoms with Crippen LogP contribution in [0, 0.1) is 0 Å². The summed E-state index contributed by atoms with van der Waals surface area (Å²) in [5.41, 5.74) is 0.998. The minimum atomic E-state index is -1.02. The average molecular weight is 361 g/mol. The fraction of sp³-hybridized carbons (Fsp3) is 0.278. The molecule has 1 aromatic heterocycles. The Balaban J connectivity index is 1.65. The first-order valence-electron chi connectivity index (χ1n) is 7.81. The quantitative estimate of drug-likeness (QED) is 0.635. The molecule has 1 heterocycles. The van der Waals surface area contributed by atoms with Gasteiger partial charge in [-0.05, 0) is 35.6 Å². The summed E-state index contributed by atoms with van der Waals surface area (Å²) >= 11 is 1.38. The molecule has 1 aromatic carbocycles. The number of carbonyl (C=O) groups excluding carboxylic acids is 2. The maximum atomic E-state index is 11.8. The Morgan fingerprint density at radius 2 is 1.84 bits per heavy atom. The second-order valence-corrected chi connectivity index (χ2v) is 6.27. The molecule has 0 spiro atoms. The number of benzene rings is 1. The summed E-state index contributed by atoms with van der Waals surface area (Å²) in [5.74, 6) is -0.694. The van der Waals surface area contributed by atoms with Crippen molar-refractivity contribution in [2.24, 2.45) is 0 Å². The predicted octanol–water partition coefficient (Wildman–Crippen LogP) is 2.53. The summed E-state index contributed by atoms with van der Waals surface area (Å²) in [6, 6.07) is 10.6. The third-order valence-electron chi connectivity index (χ3n) is 3.40. The van der Waals surface area contributed by atoms with Crippen molar-refractivity contribution in [1.82, 2.24) is 5.32 Å². The number of carboxylic acid groups (broad SMARTS) is 1. The van der Waals surface area contributed by atoms with Gasteiger partial charge in [-0.1, -0.05) is 18.2 Å². The number of ether oxygens (including phenoxy) is 1. The van der Waals surface area contributed by atoms with Crippen LogP contribution >= 0.6 is 11.3 Å². The van der Waals surface area contributed by atoms with Crippen LogP contribution in [-0.4, -0.2) is 35.9 Å². The smallest absolute Gasteiger partial charge is 0.341 e. The number of amides is 1. The van der Waals surface area contributed by atoms with Crippen molar-refractivity contribution < 1.29 is 24.2 Å². The highest BCUT2D eigenvalue weighted by Gasteiger charge is 2.09. The molecular weight excluding hydrogens is 342 g/mol. The molecule has 0 bridgehead atoms. The van der Waals surface area contributed by atoms with Crippen LogP contribution in [0.3, 0.4) is 0 Å². The maximum Gasteiger partial charge on any atom is 0.341 e. The number of hydrogen-bond donors (Lipinski definition) is 2. The number of ketones is 1. The Labute approximate surface area is 149 Å². The van der Waals surface area contributed by atoms with Crippen molar-refractivity contribution >= 4 is 29.0 Å². The van der Waals surface area contributed by atoms with Crippen LogP contribution in [0.15, 0.2) is 41.8 Å². The summed E-state index contributed by atoms with van der Waals surface area (Å²) in [6.45, 7) is 0.0982. The molecule has 2 aromatic rings. The molecule has 25 heavy (non-hydrogen) atoms. The lowest BCUT2D eigenvalue weighted by Gasteiger charge is -2.07. The van der Waals surface area contributed by atoms with Crippen LogP contribution in [0.5, 0.6) is 5.75 Å². The molecule has 0 aliphatic rings. The highest BCUT2D eigenvalue weighted by molar-refractivity contribution is 7.12. The first-order chi connectivity index (χ1) is 12.0. The van der Waals surface area contributed by atoms with Crippen molar-refractivity contribution in [2.75, 3.05) is 13.2 Å². The summed E-state index contributed by atoms with van der Waals surface area (Å²) in [4.78, 5) is 34.7. The van der Waals surface area contributed by atoms with Gasteiger partial charge in [-0.25, -0.2) is 4.79 Å². The Bertz CT molecular complexity index is 710. The zero-order valence-corrected chi connectivity index (χ0v) is 14.4. The van der Waals surface area contributed by atoms with Gasteiger partial charge < -0.3 is 15.2 Å². The zero-order valence-electron chi connectivity index (χ0n) is 13.6. The van der Waals surface area contributed by atoms with Gasteiger partial charge in [0.1, 0.15) is 5.75 Å². The van der Waals surface area contributed by atoms with Gasteiger partial charge in [0.05, 0.1) is 4.88 Å². The zero-order chi connectivity index (χ0) is 18.1. The highest BCUT2D eigenvalue weighted by Crippen LogP contribution is 2.13. The Morgan fingerprint density at radius 1 is 1.08 bits per heavy atom. The van der Waals surface area contributed by atoms with Gasteiger partial charge in [0.2, 0.25) is 5.91 Å². The third-order valence-corrected chi connectivity index (χ3v) is 4.31. The number of aliphatic carboxylic acids is 1. The molecule has 0 saturated carbocycles. The second kappa shape index (κ2) is 9.58. The van der Waals surface area contributed by atoms with Gasteiger partial charge in [0, 0.05) is 19.4 Å². The van der Waals surface area contributed by atoms with E-state index in [2.05, 4.69) is 5.32 Å². The second-order valence-electron chi connectivity index (χ2n) is 5.33. The van der Waals surface area contributed by atoms with Gasteiger partial charge in [0.15, 0.2) is 12.4 Å². The maximum absolute atomic E-state index is 11.8. The van der Waals surface area contributed by atoms with E-state index >= 15 is 0 Å². The lowest BCUT2D eigenvalue weighted by atomic mass is 10.1. The van der Waals surface area contributed by atoms with Gasteiger partial charge in [-0.3, -0.25) is 9.59 Å². The molecule has 2 rings (SSSR count). The molecule has 1 amide bonds. The van der Waals surface area contributed by atoms with Crippen LogP contribution in [0.1, 0.15) is 28.1 Å². The van der Waals surface area contributed by atoms with Crippen molar-refractivity contribution in [1.29, 1.82) is 0 Å². The van der Waals surface area contributed by atoms with E-state index in [0.29, 0.717) is 23.6 Å². The molecule has 132 valence electrons. The van der Waals surface area contributed by atoms with E-state index < -0.39 is 5.97 Å². The van der Waals surface area contributed by atoms with Crippen molar-refractivity contribution in [3.05, 3.63) is 52.2 Å². The van der Waals surface area contributed by atoms with Crippen molar-refractivity contribution in [3.63, 3.8) is 0 Å². The first-order valence-corrected chi connectivity index (χ1v) is 8.69. The third kappa shape index (κ3) is 6.76. The van der Waals surface area contributed by atoms with E-state index in [0.717, 1.165) is 5.56 Å². The minimum Gasteiger partial charge on any atom is -0.482 e. The largest absolute Gasteiger partial charge is 0.482 e. The summed E-state index contributed by atoms with van der Waals surface area (Å²) in [5, 5.41) is 13.2. The predicted molar refractivity (Wildman–Crippen MR) is 94.2 cm³/mol. The van der Waals surface area contributed by atoms with E-state index in [1.54, 1.807) is 18.2 Å². The molecule has 2 N–H and O–H groups in total. The van der Waals surface area contributed by atoms with Crippen molar-refractivity contribution in [3.8, 4) is 5.75 Å². The number of nitrogens with one attached hydrogen (secondary N) is 1. The molecule has 0 radical (unpaired) electrons. The topological polar surface area (TPSA) is 92.7 Å². The molecule has 0 fully saturated rings. The van der Waals surface area contributed by atoms with E-state index in [-0.39, 0.29) is 31.1 Å². The van der Waals surface area contributed by atoms with Crippen LogP contribution in [0.2, 0.25) is 0 Å². The van der Waals surface area contributed by atoms with Crippen LogP contribution in [0.4, 0.5) is 0 Å². The minimum absolute atomic E-state index is 0.0119. The summed E-state index contributed by atoms with van der Waals surface area (Å²) < 4.78 is 5.05. The normalized spacial score (nSPS) is 10.2. The summed E-state index contributed by atoms with van der Waals surface area (Å²) in [7, 11) is 0. The standard InChI is InChI=1S/C18H19NO5S/c20-15(16-2-1-11-25-16)7-8-17(21)19-10-9-13-3-5-14(6-4-13)24-12-18(22)23/h1-6,11H,7-10,12H2,(H,19,21)(H,22,23). The first kappa shape index (κ1) is 18.7. The lowest BCUT2D eigenvalue weighted by Crippen LogP contribution is -2.26. The molecule has 6 nitrogen and oxygen atoms in total. The van der Waals surface area contributed by atoms with Crippen LogP contribution in [0.25, 0.3) is 0 Å². The van der Waals surface area contributed by atoms with E-state index in [1.807, 2.05) is 23.6 Å². The van der Waals surface area contributed by atoms with Crippen LogP contribution < -0.4 is 10.1 Å². The van der Waals surface area contributed by atoms with Gasteiger partial charge >= 0.3 is 5.97 Å². The number of rotatable bonds is 10. The molecule has 0 saturated heterocycles. The number of carboxylic acids is 1. The van der Waals surface area contributed by atoms with E-state index in [1.165, 1.54) is 11.3 Å². The average Bonchev–Trinajstić information content (AvgIpc) is 3.13. The van der Waals surface area contributed by atoms with Gasteiger partial charge in [0.25, 0.3) is 0 Å². The fourth-order valence-corrected chi connectivity index (χ4v) is 2.81. The Kier molecular flexibility index (Phi) is 7.16. The monoisotopic (exact) mass is 361 g/mol. The van der Waals surface area contributed by atoms with Gasteiger partial charge in [-0.2, -0.15) is 0 Å². The summed E-state index contributed by atoms with van der Waals surface area (Å²) in [6.07, 6.45) is 1.03. The van der Waals surface area contributed by atoms with Crippen molar-refractivity contribution in [2.45, 2.75) is 19.3 Å². The van der Waals surface area contributed by atoms with E-state index in [9.17, 15) is 14.4 Å².